The molecule has 0 saturated carbocycles. The Morgan fingerprint density at radius 3 is 2.40 bits per heavy atom. The molecule has 1 rings (SSSR count). The SMILES string of the molecule is CCCCCCCCc1ccc(C(CC=CO[P+](=O)O)NC(=O)OCCCC)cc1. The van der Waals surface area contributed by atoms with Gasteiger partial charge in [0.05, 0.1) is 12.6 Å². The van der Waals surface area contributed by atoms with Crippen molar-refractivity contribution in [1.82, 2.24) is 5.32 Å². The summed E-state index contributed by atoms with van der Waals surface area (Å²) >= 11 is 0. The van der Waals surface area contributed by atoms with Crippen molar-refractivity contribution in [2.24, 2.45) is 0 Å². The molecule has 0 heterocycles. The fourth-order valence-electron chi connectivity index (χ4n) is 3.08. The molecule has 2 N–H and O–H groups in total. The summed E-state index contributed by atoms with van der Waals surface area (Å²) in [5.74, 6) is 0. The summed E-state index contributed by atoms with van der Waals surface area (Å²) in [7, 11) is -2.68. The van der Waals surface area contributed by atoms with Crippen molar-refractivity contribution < 1.29 is 23.5 Å². The van der Waals surface area contributed by atoms with Crippen LogP contribution in [0, 0.1) is 0 Å². The molecule has 0 saturated heterocycles. The van der Waals surface area contributed by atoms with Gasteiger partial charge in [-0.15, -0.1) is 4.89 Å². The van der Waals surface area contributed by atoms with Gasteiger partial charge in [-0.25, -0.2) is 9.32 Å². The molecule has 2 atom stereocenters. The summed E-state index contributed by atoms with van der Waals surface area (Å²) < 4.78 is 20.4. The number of benzene rings is 1. The lowest BCUT2D eigenvalue weighted by molar-refractivity contribution is 0.140. The van der Waals surface area contributed by atoms with Crippen LogP contribution < -0.4 is 5.32 Å². The summed E-state index contributed by atoms with van der Waals surface area (Å²) in [6.07, 6.45) is 13.2. The van der Waals surface area contributed by atoms with Gasteiger partial charge in [-0.2, -0.15) is 0 Å². The van der Waals surface area contributed by atoms with Gasteiger partial charge >= 0.3 is 14.3 Å². The predicted molar refractivity (Wildman–Crippen MR) is 120 cm³/mol. The van der Waals surface area contributed by atoms with E-state index < -0.39 is 14.3 Å². The Hall–Kier alpha value is -1.91. The van der Waals surface area contributed by atoms with Gasteiger partial charge in [0.1, 0.15) is 0 Å². The van der Waals surface area contributed by atoms with E-state index in [1.165, 1.54) is 50.4 Å². The second kappa shape index (κ2) is 16.8. The molecule has 30 heavy (non-hydrogen) atoms. The van der Waals surface area contributed by atoms with Crippen LogP contribution in [-0.2, 0) is 20.2 Å². The largest absolute Gasteiger partial charge is 0.746 e. The Labute approximate surface area is 182 Å². The van der Waals surface area contributed by atoms with Crippen molar-refractivity contribution in [3.05, 3.63) is 47.7 Å². The van der Waals surface area contributed by atoms with Crippen LogP contribution in [0.4, 0.5) is 4.79 Å². The molecule has 1 aromatic rings. The minimum Gasteiger partial charge on any atom is -0.450 e. The topological polar surface area (TPSA) is 84.9 Å². The highest BCUT2D eigenvalue weighted by Crippen LogP contribution is 2.21. The number of hydrogen-bond donors (Lipinski definition) is 2. The maximum Gasteiger partial charge on any atom is 0.746 e. The van der Waals surface area contributed by atoms with Crippen molar-refractivity contribution in [2.45, 2.75) is 84.1 Å². The van der Waals surface area contributed by atoms with E-state index in [9.17, 15) is 9.36 Å². The number of carbonyl (C=O) groups is 1. The van der Waals surface area contributed by atoms with E-state index in [1.54, 1.807) is 6.08 Å². The standard InChI is InChI=1S/C23H36NO5P/c1-3-5-7-8-9-10-12-20-14-16-21(17-15-20)22(13-11-19-29-30(26)27)24-23(25)28-18-6-4-2/h11,14-17,19,22H,3-10,12-13,18H2,1-2H3,(H-,24,25,26,27)/p+1. The first-order chi connectivity index (χ1) is 14.6. The van der Waals surface area contributed by atoms with E-state index >= 15 is 0 Å². The van der Waals surface area contributed by atoms with Gasteiger partial charge in [0.25, 0.3) is 0 Å². The van der Waals surface area contributed by atoms with Crippen LogP contribution in [0.3, 0.4) is 0 Å². The van der Waals surface area contributed by atoms with E-state index in [4.69, 9.17) is 9.63 Å². The van der Waals surface area contributed by atoms with Gasteiger partial charge in [-0.1, -0.05) is 76.6 Å². The van der Waals surface area contributed by atoms with E-state index in [2.05, 4.69) is 28.9 Å². The molecule has 2 unspecified atom stereocenters. The van der Waals surface area contributed by atoms with Gasteiger partial charge in [0.15, 0.2) is 6.26 Å². The van der Waals surface area contributed by atoms with Gasteiger partial charge in [-0.3, -0.25) is 0 Å². The van der Waals surface area contributed by atoms with E-state index in [0.717, 1.165) is 24.8 Å². The highest BCUT2D eigenvalue weighted by Gasteiger charge is 2.15. The quantitative estimate of drug-likeness (QED) is 0.170. The maximum absolute atomic E-state index is 12.1. The lowest BCUT2D eigenvalue weighted by Gasteiger charge is -2.18. The second-order valence-electron chi connectivity index (χ2n) is 7.40. The Bertz CT molecular complexity index is 633. The average molecular weight is 439 g/mol. The number of hydrogen-bond acceptors (Lipinski definition) is 4. The first kappa shape index (κ1) is 26.1. The van der Waals surface area contributed by atoms with Crippen LogP contribution >= 0.6 is 8.25 Å². The lowest BCUT2D eigenvalue weighted by atomic mass is 9.99. The number of nitrogens with one attached hydrogen (secondary N) is 1. The molecule has 0 aliphatic rings. The highest BCUT2D eigenvalue weighted by molar-refractivity contribution is 7.32. The Morgan fingerprint density at radius 2 is 1.73 bits per heavy atom. The smallest absolute Gasteiger partial charge is 0.450 e. The zero-order valence-electron chi connectivity index (χ0n) is 18.3. The van der Waals surface area contributed by atoms with Gasteiger partial charge in [0.2, 0.25) is 0 Å². The van der Waals surface area contributed by atoms with Crippen LogP contribution in [-0.4, -0.2) is 17.6 Å². The predicted octanol–water partition coefficient (Wildman–Crippen LogP) is 6.73. The number of unbranched alkanes of at least 4 members (excludes halogenated alkanes) is 6. The Kier molecular flexibility index (Phi) is 14.7. The molecular weight excluding hydrogens is 401 g/mol. The molecule has 0 aliphatic carbocycles. The van der Waals surface area contributed by atoms with Crippen LogP contribution in [0.25, 0.3) is 0 Å². The van der Waals surface area contributed by atoms with E-state index in [1.807, 2.05) is 19.1 Å². The number of amides is 1. The van der Waals surface area contributed by atoms with Crippen LogP contribution in [0.15, 0.2) is 36.6 Å². The lowest BCUT2D eigenvalue weighted by Crippen LogP contribution is -2.29. The summed E-state index contributed by atoms with van der Waals surface area (Å²) in [6.45, 7) is 4.65. The molecule has 7 heteroatoms. The molecule has 1 amide bonds. The average Bonchev–Trinajstić information content (AvgIpc) is 2.73. The Balaban J connectivity index is 2.62. The van der Waals surface area contributed by atoms with Crippen molar-refractivity contribution in [3.63, 3.8) is 0 Å². The van der Waals surface area contributed by atoms with Crippen LogP contribution in [0.1, 0.15) is 88.8 Å². The fraction of sp³-hybridized carbons (Fsp3) is 0.609. The normalized spacial score (nSPS) is 12.6. The summed E-state index contributed by atoms with van der Waals surface area (Å²) in [6, 6.07) is 7.93. The third-order valence-electron chi connectivity index (χ3n) is 4.84. The first-order valence-electron chi connectivity index (χ1n) is 11.1. The molecule has 0 fully saturated rings. The third kappa shape index (κ3) is 12.6. The van der Waals surface area contributed by atoms with Crippen molar-refractivity contribution in [3.8, 4) is 0 Å². The molecule has 6 nitrogen and oxygen atoms in total. The van der Waals surface area contributed by atoms with Crippen LogP contribution in [0.2, 0.25) is 0 Å². The van der Waals surface area contributed by atoms with Crippen molar-refractivity contribution >= 4 is 14.3 Å². The molecule has 0 aromatic heterocycles. The number of carbonyl (C=O) groups excluding carboxylic acids is 1. The van der Waals surface area contributed by atoms with E-state index in [-0.39, 0.29) is 6.04 Å². The summed E-state index contributed by atoms with van der Waals surface area (Å²) in [5.41, 5.74) is 2.24. The first-order valence-corrected chi connectivity index (χ1v) is 12.2. The fourth-order valence-corrected chi connectivity index (χ4v) is 3.27. The van der Waals surface area contributed by atoms with E-state index in [0.29, 0.717) is 13.0 Å². The zero-order chi connectivity index (χ0) is 22.0. The molecule has 0 radical (unpaired) electrons. The minimum absolute atomic E-state index is 0.307. The second-order valence-corrected chi connectivity index (χ2v) is 8.08. The monoisotopic (exact) mass is 438 g/mol. The van der Waals surface area contributed by atoms with Gasteiger partial charge in [-0.05, 0) is 42.9 Å². The summed E-state index contributed by atoms with van der Waals surface area (Å²) in [4.78, 5) is 20.8. The highest BCUT2D eigenvalue weighted by atomic mass is 31.1. The summed E-state index contributed by atoms with van der Waals surface area (Å²) in [5, 5.41) is 2.87. The van der Waals surface area contributed by atoms with Crippen molar-refractivity contribution in [2.75, 3.05) is 6.61 Å². The Morgan fingerprint density at radius 1 is 1.07 bits per heavy atom. The van der Waals surface area contributed by atoms with Crippen molar-refractivity contribution in [1.29, 1.82) is 0 Å². The molecule has 168 valence electrons. The molecule has 1 aromatic carbocycles. The molecule has 0 aliphatic heterocycles. The maximum atomic E-state index is 12.1. The zero-order valence-corrected chi connectivity index (χ0v) is 19.2. The van der Waals surface area contributed by atoms with Crippen LogP contribution in [0.5, 0.6) is 0 Å². The number of aryl methyl sites for hydroxylation is 1. The van der Waals surface area contributed by atoms with Gasteiger partial charge < -0.3 is 10.1 Å². The minimum atomic E-state index is -2.68. The third-order valence-corrected chi connectivity index (χ3v) is 5.15. The molecule has 0 bridgehead atoms. The molecule has 0 spiro atoms. The number of rotatable bonds is 16. The molecular formula is C23H37NO5P+. The number of alkyl carbamates (subject to hydrolysis) is 1. The number of ether oxygens (including phenoxy) is 1. The van der Waals surface area contributed by atoms with Gasteiger partial charge in [0, 0.05) is 4.57 Å².